The summed E-state index contributed by atoms with van der Waals surface area (Å²) in [7, 11) is 0. The van der Waals surface area contributed by atoms with Crippen molar-refractivity contribution >= 4 is 41.0 Å². The molecule has 0 spiro atoms. The lowest BCUT2D eigenvalue weighted by Crippen LogP contribution is -2.54. The minimum atomic E-state index is -0.250. The monoisotopic (exact) mass is 591 g/mol. The molecule has 9 heteroatoms. The predicted octanol–water partition coefficient (Wildman–Crippen LogP) is 6.14. The van der Waals surface area contributed by atoms with Crippen LogP contribution in [0.25, 0.3) is 0 Å². The van der Waals surface area contributed by atoms with Crippen molar-refractivity contribution in [2.75, 3.05) is 30.3 Å². The van der Waals surface area contributed by atoms with E-state index in [2.05, 4.69) is 22.1 Å². The summed E-state index contributed by atoms with van der Waals surface area (Å²) in [5.41, 5.74) is 2.03. The van der Waals surface area contributed by atoms with Crippen LogP contribution < -0.4 is 10.2 Å². The molecule has 3 aromatic rings. The van der Waals surface area contributed by atoms with Gasteiger partial charge in [-0.1, -0.05) is 110 Å². The Labute approximate surface area is 252 Å². The van der Waals surface area contributed by atoms with Gasteiger partial charge in [0.05, 0.1) is 11.8 Å². The van der Waals surface area contributed by atoms with E-state index in [0.29, 0.717) is 36.4 Å². The second-order valence-electron chi connectivity index (χ2n) is 11.0. The van der Waals surface area contributed by atoms with Gasteiger partial charge in [-0.2, -0.15) is 0 Å². The van der Waals surface area contributed by atoms with Gasteiger partial charge in [0.1, 0.15) is 11.0 Å². The second kappa shape index (κ2) is 14.2. The summed E-state index contributed by atoms with van der Waals surface area (Å²) >= 11 is 7.66. The zero-order chi connectivity index (χ0) is 28.6. The Morgan fingerprint density at radius 2 is 1.66 bits per heavy atom. The Balaban J connectivity index is 1.17. The first-order valence-corrected chi connectivity index (χ1v) is 15.9. The number of thioether (sulfide) groups is 1. The molecule has 5 rings (SSSR count). The van der Waals surface area contributed by atoms with Gasteiger partial charge in [-0.25, -0.2) is 9.97 Å². The van der Waals surface area contributed by atoms with E-state index in [1.807, 2.05) is 65.6 Å². The Hall–Kier alpha value is -3.10. The van der Waals surface area contributed by atoms with Crippen LogP contribution in [-0.4, -0.2) is 58.1 Å². The lowest BCUT2D eigenvalue weighted by atomic mass is 9.99. The van der Waals surface area contributed by atoms with Gasteiger partial charge in [0, 0.05) is 38.2 Å². The molecule has 41 heavy (non-hydrogen) atoms. The number of rotatable bonds is 10. The molecule has 1 aliphatic heterocycles. The highest BCUT2D eigenvalue weighted by molar-refractivity contribution is 7.99. The number of hydrogen-bond acceptors (Lipinski definition) is 6. The van der Waals surface area contributed by atoms with E-state index >= 15 is 0 Å². The van der Waals surface area contributed by atoms with Crippen molar-refractivity contribution in [3.8, 4) is 0 Å². The molecule has 216 valence electrons. The van der Waals surface area contributed by atoms with Crippen LogP contribution in [-0.2, 0) is 9.59 Å². The Morgan fingerprint density at radius 1 is 1.00 bits per heavy atom. The zero-order valence-corrected chi connectivity index (χ0v) is 25.1. The van der Waals surface area contributed by atoms with Crippen LogP contribution in [0.15, 0.2) is 71.9 Å². The molecular formula is C32H38ClN5O2S. The van der Waals surface area contributed by atoms with E-state index in [-0.39, 0.29) is 29.7 Å². The number of nitrogens with zero attached hydrogens (tertiary/aromatic N) is 4. The molecule has 1 saturated carbocycles. The van der Waals surface area contributed by atoms with Gasteiger partial charge in [-0.15, -0.1) is 0 Å². The van der Waals surface area contributed by atoms with Crippen molar-refractivity contribution in [2.45, 2.75) is 62.7 Å². The van der Waals surface area contributed by atoms with E-state index in [0.717, 1.165) is 29.3 Å². The maximum absolute atomic E-state index is 13.1. The maximum atomic E-state index is 13.1. The second-order valence-corrected chi connectivity index (χ2v) is 12.3. The van der Waals surface area contributed by atoms with Crippen molar-refractivity contribution < 1.29 is 9.59 Å². The third-order valence-corrected chi connectivity index (χ3v) is 9.12. The van der Waals surface area contributed by atoms with Crippen LogP contribution >= 0.6 is 23.4 Å². The van der Waals surface area contributed by atoms with Crippen molar-refractivity contribution in [3.63, 3.8) is 0 Å². The van der Waals surface area contributed by atoms with Gasteiger partial charge in [0.2, 0.25) is 11.8 Å². The van der Waals surface area contributed by atoms with Crippen molar-refractivity contribution in [1.82, 2.24) is 20.2 Å². The molecule has 2 aromatic carbocycles. The summed E-state index contributed by atoms with van der Waals surface area (Å²) in [6.45, 7) is 4.13. The molecule has 2 heterocycles. The first-order valence-electron chi connectivity index (χ1n) is 14.6. The van der Waals surface area contributed by atoms with Crippen LogP contribution in [0.1, 0.15) is 62.6 Å². The Kier molecular flexibility index (Phi) is 10.2. The van der Waals surface area contributed by atoms with Gasteiger partial charge in [0.15, 0.2) is 5.16 Å². The first kappa shape index (κ1) is 29.4. The van der Waals surface area contributed by atoms with E-state index in [1.54, 1.807) is 6.07 Å². The standard InChI is InChI=1S/C32H38ClN5O2S/c1-23-21-37(18-19-38(23)30(40)17-16-24-10-8-9-11-24)28-20-27(33)34-32(35-28)41-22-29(39)36-31(25-12-4-2-5-13-25)26-14-6-3-7-15-26/h2-7,12-15,20,23-24,31H,8-11,16-19,21-22H2,1H3,(H,36,39). The fraction of sp³-hybridized carbons (Fsp3) is 0.438. The van der Waals surface area contributed by atoms with E-state index < -0.39 is 0 Å². The van der Waals surface area contributed by atoms with E-state index in [4.69, 9.17) is 16.6 Å². The predicted molar refractivity (Wildman–Crippen MR) is 165 cm³/mol. The summed E-state index contributed by atoms with van der Waals surface area (Å²) in [4.78, 5) is 39.3. The summed E-state index contributed by atoms with van der Waals surface area (Å²) < 4.78 is 0. The maximum Gasteiger partial charge on any atom is 0.231 e. The Bertz CT molecular complexity index is 1270. The quantitative estimate of drug-likeness (QED) is 0.173. The molecule has 1 atom stereocenters. The largest absolute Gasteiger partial charge is 0.353 e. The van der Waals surface area contributed by atoms with Crippen LogP contribution in [0, 0.1) is 5.92 Å². The average Bonchev–Trinajstić information content (AvgIpc) is 3.52. The van der Waals surface area contributed by atoms with Crippen molar-refractivity contribution in [3.05, 3.63) is 83.0 Å². The van der Waals surface area contributed by atoms with Gasteiger partial charge in [-0.05, 0) is 30.4 Å². The topological polar surface area (TPSA) is 78.4 Å². The fourth-order valence-electron chi connectivity index (χ4n) is 5.90. The minimum absolute atomic E-state index is 0.0864. The molecule has 1 saturated heterocycles. The lowest BCUT2D eigenvalue weighted by molar-refractivity contribution is -0.134. The third-order valence-electron chi connectivity index (χ3n) is 8.08. The van der Waals surface area contributed by atoms with E-state index in [9.17, 15) is 9.59 Å². The van der Waals surface area contributed by atoms with Gasteiger partial charge < -0.3 is 15.1 Å². The number of amides is 2. The normalized spacial score (nSPS) is 17.7. The highest BCUT2D eigenvalue weighted by atomic mass is 35.5. The zero-order valence-electron chi connectivity index (χ0n) is 23.5. The molecule has 0 radical (unpaired) electrons. The van der Waals surface area contributed by atoms with E-state index in [1.165, 1.54) is 37.4 Å². The number of aromatic nitrogens is 2. The summed E-state index contributed by atoms with van der Waals surface area (Å²) in [5.74, 6) is 1.76. The number of halogens is 1. The third kappa shape index (κ3) is 8.01. The number of carbonyl (C=O) groups is 2. The van der Waals surface area contributed by atoms with Gasteiger partial charge in [-0.3, -0.25) is 9.59 Å². The lowest BCUT2D eigenvalue weighted by Gasteiger charge is -2.40. The number of benzene rings is 2. The SMILES string of the molecule is CC1CN(c2cc(Cl)nc(SCC(=O)NC(c3ccccc3)c3ccccc3)n2)CCN1C(=O)CCC1CCCC1. The number of piperazine rings is 1. The van der Waals surface area contributed by atoms with Gasteiger partial charge in [0.25, 0.3) is 0 Å². The molecule has 1 aliphatic carbocycles. The minimum Gasteiger partial charge on any atom is -0.353 e. The molecular weight excluding hydrogens is 554 g/mol. The molecule has 2 aliphatic rings. The molecule has 2 amide bonds. The summed E-state index contributed by atoms with van der Waals surface area (Å²) in [5, 5.41) is 3.96. The molecule has 2 fully saturated rings. The number of hydrogen-bond donors (Lipinski definition) is 1. The average molecular weight is 592 g/mol. The van der Waals surface area contributed by atoms with Crippen LogP contribution in [0.2, 0.25) is 5.15 Å². The smallest absolute Gasteiger partial charge is 0.231 e. The van der Waals surface area contributed by atoms with Crippen LogP contribution in [0.5, 0.6) is 0 Å². The number of nitrogens with one attached hydrogen (secondary N) is 1. The highest BCUT2D eigenvalue weighted by Gasteiger charge is 2.29. The Morgan fingerprint density at radius 3 is 2.29 bits per heavy atom. The summed E-state index contributed by atoms with van der Waals surface area (Å²) in [6, 6.07) is 21.5. The van der Waals surface area contributed by atoms with Crippen molar-refractivity contribution in [1.29, 1.82) is 0 Å². The molecule has 0 bridgehead atoms. The van der Waals surface area contributed by atoms with Crippen LogP contribution in [0.3, 0.4) is 0 Å². The first-order chi connectivity index (χ1) is 20.0. The summed E-state index contributed by atoms with van der Waals surface area (Å²) in [6.07, 6.45) is 6.82. The van der Waals surface area contributed by atoms with Gasteiger partial charge >= 0.3 is 0 Å². The number of carbonyl (C=O) groups excluding carboxylic acids is 2. The highest BCUT2D eigenvalue weighted by Crippen LogP contribution is 2.30. The molecule has 1 aromatic heterocycles. The van der Waals surface area contributed by atoms with Crippen molar-refractivity contribution in [2.24, 2.45) is 5.92 Å². The van der Waals surface area contributed by atoms with Crippen LogP contribution in [0.4, 0.5) is 5.82 Å². The molecule has 1 unspecified atom stereocenters. The molecule has 1 N–H and O–H groups in total. The molecule has 7 nitrogen and oxygen atoms in total. The number of anilines is 1. The fourth-order valence-corrected chi connectivity index (χ4v) is 6.79.